The van der Waals surface area contributed by atoms with E-state index < -0.39 is 0 Å². The molecule has 194 valence electrons. The van der Waals surface area contributed by atoms with Crippen LogP contribution in [0.1, 0.15) is 61.5 Å². The van der Waals surface area contributed by atoms with Crippen LogP contribution >= 0.6 is 0 Å². The van der Waals surface area contributed by atoms with E-state index >= 15 is 0 Å². The molecule has 0 radical (unpaired) electrons. The molecule has 2 fully saturated rings. The Hall–Kier alpha value is -3.75. The van der Waals surface area contributed by atoms with Crippen molar-refractivity contribution >= 4 is 17.6 Å². The molecule has 0 bridgehead atoms. The maximum absolute atomic E-state index is 13.6. The monoisotopic (exact) mass is 502 g/mol. The molecule has 1 saturated carbocycles. The van der Waals surface area contributed by atoms with Crippen molar-refractivity contribution in [3.05, 3.63) is 59.7 Å². The van der Waals surface area contributed by atoms with Crippen LogP contribution in [0.2, 0.25) is 0 Å². The SMILES string of the molecule is Cc1ccc(NC(=O)N2CCCCCCNC(=O)[C@@H]3C[C@@H](c4nc(-c5cccnc5)no4)C[C@@H]32)cc1C. The number of fused-ring (bicyclic) bond motifs is 1. The number of pyridine rings is 1. The molecule has 1 aromatic carbocycles. The Morgan fingerprint density at radius 2 is 1.97 bits per heavy atom. The molecule has 3 aromatic rings. The van der Waals surface area contributed by atoms with Crippen LogP contribution in [0, 0.1) is 19.8 Å². The zero-order valence-electron chi connectivity index (χ0n) is 21.4. The van der Waals surface area contributed by atoms with Gasteiger partial charge in [-0.1, -0.05) is 24.1 Å². The predicted molar refractivity (Wildman–Crippen MR) is 140 cm³/mol. The Kier molecular flexibility index (Phi) is 7.48. The van der Waals surface area contributed by atoms with Crippen LogP contribution in [0.3, 0.4) is 0 Å². The highest BCUT2D eigenvalue weighted by molar-refractivity contribution is 5.90. The Bertz CT molecular complexity index is 1240. The maximum atomic E-state index is 13.6. The first-order valence-corrected chi connectivity index (χ1v) is 13.2. The number of nitrogens with zero attached hydrogens (tertiary/aromatic N) is 4. The molecule has 1 saturated heterocycles. The molecule has 0 spiro atoms. The van der Waals surface area contributed by atoms with Gasteiger partial charge in [0, 0.05) is 48.7 Å². The Morgan fingerprint density at radius 3 is 2.78 bits per heavy atom. The molecule has 9 nitrogen and oxygen atoms in total. The highest BCUT2D eigenvalue weighted by Crippen LogP contribution is 2.41. The van der Waals surface area contributed by atoms with E-state index in [0.29, 0.717) is 37.6 Å². The number of carbonyl (C=O) groups excluding carboxylic acids is 2. The van der Waals surface area contributed by atoms with Crippen LogP contribution in [-0.4, -0.2) is 51.1 Å². The van der Waals surface area contributed by atoms with E-state index in [1.807, 2.05) is 49.1 Å². The summed E-state index contributed by atoms with van der Waals surface area (Å²) >= 11 is 0. The van der Waals surface area contributed by atoms with E-state index in [1.54, 1.807) is 12.4 Å². The molecule has 3 heterocycles. The third-order valence-electron chi connectivity index (χ3n) is 7.62. The average molecular weight is 503 g/mol. The molecule has 3 amide bonds. The molecule has 1 aliphatic heterocycles. The number of urea groups is 1. The zero-order chi connectivity index (χ0) is 25.8. The molecule has 3 atom stereocenters. The number of rotatable bonds is 3. The van der Waals surface area contributed by atoms with Crippen LogP contribution in [0.5, 0.6) is 0 Å². The minimum atomic E-state index is -0.345. The van der Waals surface area contributed by atoms with Crippen molar-refractivity contribution in [2.75, 3.05) is 18.4 Å². The first kappa shape index (κ1) is 24.9. The van der Waals surface area contributed by atoms with Crippen molar-refractivity contribution in [3.8, 4) is 11.4 Å². The lowest BCUT2D eigenvalue weighted by Crippen LogP contribution is -2.48. The molecule has 1 aliphatic carbocycles. The Balaban J connectivity index is 1.40. The van der Waals surface area contributed by atoms with Gasteiger partial charge in [-0.2, -0.15) is 4.98 Å². The first-order chi connectivity index (χ1) is 18.0. The van der Waals surface area contributed by atoms with Gasteiger partial charge in [0.05, 0.1) is 5.92 Å². The minimum absolute atomic E-state index is 0.00891. The van der Waals surface area contributed by atoms with E-state index in [9.17, 15) is 9.59 Å². The molecule has 2 aromatic heterocycles. The summed E-state index contributed by atoms with van der Waals surface area (Å²) in [5.74, 6) is 0.512. The van der Waals surface area contributed by atoms with Crippen LogP contribution in [-0.2, 0) is 4.79 Å². The summed E-state index contributed by atoms with van der Waals surface area (Å²) in [6.07, 6.45) is 8.42. The van der Waals surface area contributed by atoms with Crippen LogP contribution in [0.25, 0.3) is 11.4 Å². The highest BCUT2D eigenvalue weighted by atomic mass is 16.5. The van der Waals surface area contributed by atoms with E-state index in [2.05, 4.69) is 25.8 Å². The molecule has 0 unspecified atom stereocenters. The summed E-state index contributed by atoms with van der Waals surface area (Å²) in [5, 5.41) is 10.3. The molecule has 5 rings (SSSR count). The van der Waals surface area contributed by atoms with Crippen LogP contribution in [0.4, 0.5) is 10.5 Å². The van der Waals surface area contributed by atoms with Gasteiger partial charge in [-0.3, -0.25) is 9.78 Å². The van der Waals surface area contributed by atoms with Gasteiger partial charge >= 0.3 is 6.03 Å². The summed E-state index contributed by atoms with van der Waals surface area (Å²) < 4.78 is 5.65. The number of carbonyl (C=O) groups is 2. The summed E-state index contributed by atoms with van der Waals surface area (Å²) in [6.45, 7) is 5.34. The number of hydrogen-bond donors (Lipinski definition) is 2. The number of aromatic nitrogens is 3. The molecule has 2 N–H and O–H groups in total. The van der Waals surface area contributed by atoms with Gasteiger partial charge in [0.1, 0.15) is 0 Å². The fraction of sp³-hybridized carbons (Fsp3) is 0.464. The largest absolute Gasteiger partial charge is 0.356 e. The van der Waals surface area contributed by atoms with E-state index in [0.717, 1.165) is 42.5 Å². The van der Waals surface area contributed by atoms with Crippen molar-refractivity contribution in [2.45, 2.75) is 64.3 Å². The molecule has 37 heavy (non-hydrogen) atoms. The van der Waals surface area contributed by atoms with Crippen molar-refractivity contribution in [1.29, 1.82) is 0 Å². The first-order valence-electron chi connectivity index (χ1n) is 13.2. The number of anilines is 1. The zero-order valence-corrected chi connectivity index (χ0v) is 21.4. The van der Waals surface area contributed by atoms with Crippen molar-refractivity contribution in [1.82, 2.24) is 25.3 Å². The second-order valence-corrected chi connectivity index (χ2v) is 10.2. The number of nitrogens with one attached hydrogen (secondary N) is 2. The molecular formula is C28H34N6O3. The van der Waals surface area contributed by atoms with Gasteiger partial charge in [0.15, 0.2) is 0 Å². The van der Waals surface area contributed by atoms with E-state index in [-0.39, 0.29) is 29.8 Å². The second kappa shape index (κ2) is 11.1. The van der Waals surface area contributed by atoms with Gasteiger partial charge in [-0.25, -0.2) is 4.79 Å². The van der Waals surface area contributed by atoms with Gasteiger partial charge < -0.3 is 20.1 Å². The lowest BCUT2D eigenvalue weighted by Gasteiger charge is -2.32. The van der Waals surface area contributed by atoms with Gasteiger partial charge in [0.2, 0.25) is 17.6 Å². The topological polar surface area (TPSA) is 113 Å². The van der Waals surface area contributed by atoms with Gasteiger partial charge in [-0.15, -0.1) is 0 Å². The number of aryl methyl sites for hydroxylation is 2. The highest BCUT2D eigenvalue weighted by Gasteiger charge is 2.45. The van der Waals surface area contributed by atoms with E-state index in [4.69, 9.17) is 4.52 Å². The third kappa shape index (κ3) is 5.65. The molecular weight excluding hydrogens is 468 g/mol. The standard InChI is InChI=1S/C28H34N6O3/c1-18-9-10-22(14-19(18)2)31-28(36)34-13-6-4-3-5-12-30-26(35)23-15-21(16-24(23)34)27-32-25(33-37-27)20-8-7-11-29-17-20/h7-11,14,17,21,23-24H,3-6,12-13,15-16H2,1-2H3,(H,30,35)(H,31,36)/t21-,23-,24+/m1/s1. The number of hydrogen-bond acceptors (Lipinski definition) is 6. The number of benzene rings is 1. The third-order valence-corrected chi connectivity index (χ3v) is 7.62. The quantitative estimate of drug-likeness (QED) is 0.530. The second-order valence-electron chi connectivity index (χ2n) is 10.2. The smallest absolute Gasteiger partial charge is 0.322 e. The summed E-state index contributed by atoms with van der Waals surface area (Å²) in [7, 11) is 0. The van der Waals surface area contributed by atoms with Crippen molar-refractivity contribution in [2.24, 2.45) is 5.92 Å². The van der Waals surface area contributed by atoms with Crippen molar-refractivity contribution < 1.29 is 14.1 Å². The normalized spacial score (nSPS) is 22.6. The lowest BCUT2D eigenvalue weighted by atomic mass is 10.0. The average Bonchev–Trinajstić information content (AvgIpc) is 3.55. The summed E-state index contributed by atoms with van der Waals surface area (Å²) in [4.78, 5) is 37.5. The number of amides is 3. The van der Waals surface area contributed by atoms with Crippen LogP contribution < -0.4 is 10.6 Å². The summed E-state index contributed by atoms with van der Waals surface area (Å²) in [6, 6.07) is 9.19. The fourth-order valence-corrected chi connectivity index (χ4v) is 5.39. The van der Waals surface area contributed by atoms with Crippen molar-refractivity contribution in [3.63, 3.8) is 0 Å². The summed E-state index contributed by atoms with van der Waals surface area (Å²) in [5.41, 5.74) is 3.83. The van der Waals surface area contributed by atoms with Gasteiger partial charge in [0.25, 0.3) is 0 Å². The Morgan fingerprint density at radius 1 is 1.11 bits per heavy atom. The molecule has 2 aliphatic rings. The lowest BCUT2D eigenvalue weighted by molar-refractivity contribution is -0.126. The van der Waals surface area contributed by atoms with Gasteiger partial charge in [-0.05, 0) is 74.9 Å². The Labute approximate surface area is 217 Å². The molecule has 9 heteroatoms. The van der Waals surface area contributed by atoms with E-state index in [1.165, 1.54) is 5.56 Å². The van der Waals surface area contributed by atoms with Crippen LogP contribution in [0.15, 0.2) is 47.2 Å². The minimum Gasteiger partial charge on any atom is -0.356 e. The maximum Gasteiger partial charge on any atom is 0.322 e. The predicted octanol–water partition coefficient (Wildman–Crippen LogP) is 4.83. The fourth-order valence-electron chi connectivity index (χ4n) is 5.39.